The van der Waals surface area contributed by atoms with E-state index in [4.69, 9.17) is 4.42 Å². The third kappa shape index (κ3) is 4.77. The zero-order valence-corrected chi connectivity index (χ0v) is 18.3. The number of hydrogen-bond donors (Lipinski definition) is 1. The third-order valence-electron chi connectivity index (χ3n) is 4.36. The van der Waals surface area contributed by atoms with Gasteiger partial charge in [0.15, 0.2) is 4.34 Å². The number of aromatic nitrogens is 3. The topological polar surface area (TPSA) is 84.2 Å². The second kappa shape index (κ2) is 8.93. The Balaban J connectivity index is 1.30. The van der Waals surface area contributed by atoms with Crippen molar-refractivity contribution in [2.24, 2.45) is 0 Å². The molecule has 29 heavy (non-hydrogen) atoms. The molecule has 0 saturated heterocycles. The molecule has 0 saturated carbocycles. The number of amides is 1. The number of rotatable bonds is 8. The van der Waals surface area contributed by atoms with Crippen molar-refractivity contribution in [2.75, 3.05) is 18.1 Å². The molecule has 0 aliphatic rings. The van der Waals surface area contributed by atoms with Gasteiger partial charge in [0.25, 0.3) is 0 Å². The number of nitrogens with one attached hydrogen (secondary N) is 1. The van der Waals surface area contributed by atoms with E-state index in [9.17, 15) is 4.79 Å². The summed E-state index contributed by atoms with van der Waals surface area (Å²) in [4.78, 5) is 19.0. The first-order chi connectivity index (χ1) is 14.1. The molecule has 1 N–H and O–H groups in total. The van der Waals surface area contributed by atoms with E-state index in [0.717, 1.165) is 25.3 Å². The lowest BCUT2D eigenvalue weighted by molar-refractivity contribution is -0.128. The molecule has 7 nitrogen and oxygen atoms in total. The van der Waals surface area contributed by atoms with Gasteiger partial charge in [-0.15, -0.1) is 21.5 Å². The highest BCUT2D eigenvalue weighted by atomic mass is 32.2. The van der Waals surface area contributed by atoms with Gasteiger partial charge in [0.2, 0.25) is 11.0 Å². The average molecular weight is 446 g/mol. The summed E-state index contributed by atoms with van der Waals surface area (Å²) in [6.45, 7) is 2.55. The molecule has 0 radical (unpaired) electrons. The number of thioether (sulfide) groups is 1. The molecular formula is C19H19N5O2S3. The molecule has 0 aliphatic heterocycles. The van der Waals surface area contributed by atoms with Crippen LogP contribution in [0.5, 0.6) is 0 Å². The molecule has 3 heterocycles. The van der Waals surface area contributed by atoms with E-state index in [1.807, 2.05) is 50.4 Å². The molecule has 1 aromatic carbocycles. The van der Waals surface area contributed by atoms with Gasteiger partial charge in [-0.1, -0.05) is 35.2 Å². The van der Waals surface area contributed by atoms with Crippen LogP contribution in [0.25, 0.3) is 10.2 Å². The van der Waals surface area contributed by atoms with Crippen LogP contribution in [-0.2, 0) is 11.3 Å². The summed E-state index contributed by atoms with van der Waals surface area (Å²) in [7, 11) is 1.82. The Morgan fingerprint density at radius 2 is 2.10 bits per heavy atom. The van der Waals surface area contributed by atoms with E-state index in [2.05, 4.69) is 20.5 Å². The first-order valence-corrected chi connectivity index (χ1v) is 11.6. The van der Waals surface area contributed by atoms with Gasteiger partial charge in [0.1, 0.15) is 10.8 Å². The Morgan fingerprint density at radius 1 is 1.24 bits per heavy atom. The molecular weight excluding hydrogens is 426 g/mol. The zero-order valence-electron chi connectivity index (χ0n) is 15.9. The van der Waals surface area contributed by atoms with Crippen molar-refractivity contribution in [3.05, 3.63) is 53.4 Å². The number of carbonyl (C=O) groups excluding carboxylic acids is 1. The number of para-hydroxylation sites is 1. The summed E-state index contributed by atoms with van der Waals surface area (Å²) in [6, 6.07) is 11.7. The van der Waals surface area contributed by atoms with Crippen molar-refractivity contribution in [3.63, 3.8) is 0 Å². The van der Waals surface area contributed by atoms with E-state index in [1.54, 1.807) is 22.5 Å². The molecule has 0 aliphatic carbocycles. The number of hydrogen-bond acceptors (Lipinski definition) is 9. The van der Waals surface area contributed by atoms with Crippen LogP contribution in [0.3, 0.4) is 0 Å². The zero-order chi connectivity index (χ0) is 20.2. The van der Waals surface area contributed by atoms with E-state index < -0.39 is 0 Å². The smallest absolute Gasteiger partial charge is 0.233 e. The number of nitrogens with zero attached hydrogens (tertiary/aromatic N) is 4. The second-order valence-electron chi connectivity index (χ2n) is 6.30. The summed E-state index contributed by atoms with van der Waals surface area (Å²) in [6.07, 6.45) is 1.63. The van der Waals surface area contributed by atoms with Crippen LogP contribution in [0.2, 0.25) is 0 Å². The predicted octanol–water partition coefficient (Wildman–Crippen LogP) is 4.66. The SMILES string of the molecule is C[C@H](c1nc2ccccc2s1)N(C)C(=O)CSc1nnc(NCc2ccco2)s1. The van der Waals surface area contributed by atoms with Crippen molar-refractivity contribution in [2.45, 2.75) is 23.8 Å². The van der Waals surface area contributed by atoms with Gasteiger partial charge in [-0.25, -0.2) is 4.98 Å². The van der Waals surface area contributed by atoms with Gasteiger partial charge in [0, 0.05) is 7.05 Å². The quantitative estimate of drug-likeness (QED) is 0.395. The Hall–Kier alpha value is -2.43. The van der Waals surface area contributed by atoms with Crippen LogP contribution in [0.4, 0.5) is 5.13 Å². The first-order valence-electron chi connectivity index (χ1n) is 8.94. The fourth-order valence-corrected chi connectivity index (χ4v) is 5.33. The second-order valence-corrected chi connectivity index (χ2v) is 9.56. The number of furan rings is 1. The monoisotopic (exact) mass is 445 g/mol. The summed E-state index contributed by atoms with van der Waals surface area (Å²) in [5, 5.41) is 13.0. The van der Waals surface area contributed by atoms with Gasteiger partial charge in [-0.2, -0.15) is 0 Å². The van der Waals surface area contributed by atoms with Crippen molar-refractivity contribution in [1.29, 1.82) is 0 Å². The lowest BCUT2D eigenvalue weighted by Crippen LogP contribution is -2.31. The minimum absolute atomic E-state index is 0.0297. The molecule has 1 atom stereocenters. The minimum atomic E-state index is -0.0829. The Kier molecular flexibility index (Phi) is 6.12. The van der Waals surface area contributed by atoms with E-state index in [1.165, 1.54) is 23.1 Å². The van der Waals surface area contributed by atoms with Gasteiger partial charge in [0.05, 0.1) is 34.8 Å². The van der Waals surface area contributed by atoms with Crippen LogP contribution in [0.15, 0.2) is 51.4 Å². The largest absolute Gasteiger partial charge is 0.467 e. The first kappa shape index (κ1) is 19.9. The summed E-state index contributed by atoms with van der Waals surface area (Å²) in [5.41, 5.74) is 0.970. The molecule has 0 spiro atoms. The Bertz CT molecular complexity index is 1060. The molecule has 1 amide bonds. The molecule has 4 aromatic rings. The van der Waals surface area contributed by atoms with Crippen LogP contribution in [0.1, 0.15) is 23.7 Å². The van der Waals surface area contributed by atoms with Gasteiger partial charge in [-0.3, -0.25) is 4.79 Å². The maximum Gasteiger partial charge on any atom is 0.233 e. The van der Waals surface area contributed by atoms with Crippen LogP contribution >= 0.6 is 34.4 Å². The number of carbonyl (C=O) groups is 1. The molecule has 0 bridgehead atoms. The van der Waals surface area contributed by atoms with Crippen molar-refractivity contribution >= 4 is 55.7 Å². The fourth-order valence-electron chi connectivity index (χ4n) is 2.59. The van der Waals surface area contributed by atoms with Crippen molar-refractivity contribution in [3.8, 4) is 0 Å². The maximum atomic E-state index is 12.6. The van der Waals surface area contributed by atoms with E-state index >= 15 is 0 Å². The van der Waals surface area contributed by atoms with Crippen LogP contribution in [-0.4, -0.2) is 38.8 Å². The fraction of sp³-hybridized carbons (Fsp3) is 0.263. The molecule has 0 unspecified atom stereocenters. The van der Waals surface area contributed by atoms with E-state index in [0.29, 0.717) is 17.4 Å². The molecule has 150 valence electrons. The number of thiazole rings is 1. The minimum Gasteiger partial charge on any atom is -0.467 e. The lowest BCUT2D eigenvalue weighted by atomic mass is 10.3. The standard InChI is InChI=1S/C19H19N5O2S3/c1-12(17-21-14-7-3-4-8-15(14)28-17)24(2)16(25)11-27-19-23-22-18(29-19)20-10-13-6-5-9-26-13/h3-9,12H,10-11H2,1-2H3,(H,20,22)/t12-/m1/s1. The van der Waals surface area contributed by atoms with Gasteiger partial charge < -0.3 is 14.6 Å². The molecule has 0 fully saturated rings. The van der Waals surface area contributed by atoms with Gasteiger partial charge in [-0.05, 0) is 31.2 Å². The third-order valence-corrected chi connectivity index (χ3v) is 7.57. The van der Waals surface area contributed by atoms with Crippen LogP contribution < -0.4 is 5.32 Å². The number of anilines is 1. The van der Waals surface area contributed by atoms with E-state index in [-0.39, 0.29) is 11.9 Å². The highest BCUT2D eigenvalue weighted by Crippen LogP contribution is 2.30. The van der Waals surface area contributed by atoms with Crippen molar-refractivity contribution in [1.82, 2.24) is 20.1 Å². The average Bonchev–Trinajstić information content (AvgIpc) is 3.49. The lowest BCUT2D eigenvalue weighted by Gasteiger charge is -2.22. The highest BCUT2D eigenvalue weighted by Gasteiger charge is 2.21. The Labute approximate surface area is 180 Å². The normalized spacial score (nSPS) is 12.2. The number of fused-ring (bicyclic) bond motifs is 1. The summed E-state index contributed by atoms with van der Waals surface area (Å²) >= 11 is 4.44. The summed E-state index contributed by atoms with van der Waals surface area (Å²) < 4.78 is 7.16. The Morgan fingerprint density at radius 3 is 2.90 bits per heavy atom. The van der Waals surface area contributed by atoms with Gasteiger partial charge >= 0.3 is 0 Å². The van der Waals surface area contributed by atoms with Crippen molar-refractivity contribution < 1.29 is 9.21 Å². The summed E-state index contributed by atoms with van der Waals surface area (Å²) in [5.74, 6) is 1.16. The molecule has 10 heteroatoms. The highest BCUT2D eigenvalue weighted by molar-refractivity contribution is 8.01. The number of benzene rings is 1. The molecule has 4 rings (SSSR count). The predicted molar refractivity (Wildman–Crippen MR) is 117 cm³/mol. The maximum absolute atomic E-state index is 12.6. The van der Waals surface area contributed by atoms with Crippen LogP contribution in [0, 0.1) is 0 Å². The molecule has 3 aromatic heterocycles.